The molecule has 1 aliphatic heterocycles. The summed E-state index contributed by atoms with van der Waals surface area (Å²) in [7, 11) is 0. The molecule has 0 bridgehead atoms. The lowest BCUT2D eigenvalue weighted by molar-refractivity contribution is -0.0162. The van der Waals surface area contributed by atoms with Crippen molar-refractivity contribution in [1.29, 1.82) is 0 Å². The smallest absolute Gasteiger partial charge is 0.355 e. The molecule has 1 aliphatic rings. The zero-order valence-corrected chi connectivity index (χ0v) is 8.36. The van der Waals surface area contributed by atoms with Crippen molar-refractivity contribution >= 4 is 11.7 Å². The first kappa shape index (κ1) is 10.0. The van der Waals surface area contributed by atoms with Gasteiger partial charge < -0.3 is 20.2 Å². The highest BCUT2D eigenvalue weighted by Crippen LogP contribution is 2.14. The Hall–Kier alpha value is -1.49. The molecule has 0 aliphatic carbocycles. The average Bonchev–Trinajstić information content (AvgIpc) is 2.66. The second kappa shape index (κ2) is 4.35. The standard InChI is InChI=1S/C10H14N2O3/c11-7-5-9(12-6-7)10(13)15-8-1-3-14-4-2-8/h5-6,8,12H,1-4,11H2. The molecule has 1 saturated heterocycles. The monoisotopic (exact) mass is 210 g/mol. The van der Waals surface area contributed by atoms with Gasteiger partial charge in [0, 0.05) is 19.0 Å². The summed E-state index contributed by atoms with van der Waals surface area (Å²) in [4.78, 5) is 14.3. The third kappa shape index (κ3) is 2.50. The predicted octanol–water partition coefficient (Wildman–Crippen LogP) is 0.933. The van der Waals surface area contributed by atoms with E-state index in [1.165, 1.54) is 0 Å². The van der Waals surface area contributed by atoms with Crippen molar-refractivity contribution in [1.82, 2.24) is 4.98 Å². The van der Waals surface area contributed by atoms with E-state index >= 15 is 0 Å². The zero-order valence-electron chi connectivity index (χ0n) is 8.36. The molecule has 82 valence electrons. The maximum Gasteiger partial charge on any atom is 0.355 e. The molecule has 0 spiro atoms. The number of aromatic amines is 1. The molecule has 0 saturated carbocycles. The number of nitrogens with two attached hydrogens (primary N) is 1. The van der Waals surface area contributed by atoms with Crippen LogP contribution in [0.25, 0.3) is 0 Å². The second-order valence-corrected chi connectivity index (χ2v) is 3.56. The van der Waals surface area contributed by atoms with Crippen LogP contribution in [-0.4, -0.2) is 30.3 Å². The topological polar surface area (TPSA) is 77.3 Å². The van der Waals surface area contributed by atoms with Gasteiger partial charge in [-0.05, 0) is 6.07 Å². The zero-order chi connectivity index (χ0) is 10.7. The number of carbonyl (C=O) groups excluding carboxylic acids is 1. The highest BCUT2D eigenvalue weighted by atomic mass is 16.6. The minimum absolute atomic E-state index is 0.0317. The van der Waals surface area contributed by atoms with Crippen molar-refractivity contribution < 1.29 is 14.3 Å². The van der Waals surface area contributed by atoms with Gasteiger partial charge in [-0.25, -0.2) is 4.79 Å². The van der Waals surface area contributed by atoms with Gasteiger partial charge in [0.2, 0.25) is 0 Å². The number of anilines is 1. The van der Waals surface area contributed by atoms with Gasteiger partial charge in [-0.3, -0.25) is 0 Å². The van der Waals surface area contributed by atoms with Gasteiger partial charge in [-0.15, -0.1) is 0 Å². The van der Waals surface area contributed by atoms with E-state index in [0.29, 0.717) is 24.6 Å². The summed E-state index contributed by atoms with van der Waals surface area (Å²) in [6.45, 7) is 1.32. The van der Waals surface area contributed by atoms with Crippen LogP contribution in [-0.2, 0) is 9.47 Å². The maximum atomic E-state index is 11.6. The summed E-state index contributed by atoms with van der Waals surface area (Å²) in [5, 5.41) is 0. The van der Waals surface area contributed by atoms with Crippen molar-refractivity contribution in [3.8, 4) is 0 Å². The molecule has 0 atom stereocenters. The van der Waals surface area contributed by atoms with E-state index in [-0.39, 0.29) is 12.1 Å². The SMILES string of the molecule is Nc1c[nH]c(C(=O)OC2CCOCC2)c1. The summed E-state index contributed by atoms with van der Waals surface area (Å²) in [6, 6.07) is 1.57. The molecule has 0 aromatic carbocycles. The first-order valence-corrected chi connectivity index (χ1v) is 4.98. The summed E-state index contributed by atoms with van der Waals surface area (Å²) >= 11 is 0. The highest BCUT2D eigenvalue weighted by molar-refractivity contribution is 5.88. The van der Waals surface area contributed by atoms with Crippen LogP contribution in [0.15, 0.2) is 12.3 Å². The number of esters is 1. The molecular formula is C10H14N2O3. The summed E-state index contributed by atoms with van der Waals surface area (Å²) in [5.74, 6) is -0.349. The van der Waals surface area contributed by atoms with Crippen LogP contribution in [0.3, 0.4) is 0 Å². The molecule has 0 unspecified atom stereocenters. The van der Waals surface area contributed by atoms with Gasteiger partial charge >= 0.3 is 5.97 Å². The lowest BCUT2D eigenvalue weighted by Crippen LogP contribution is -2.26. The van der Waals surface area contributed by atoms with E-state index in [1.807, 2.05) is 0 Å². The fourth-order valence-electron chi connectivity index (χ4n) is 1.54. The Balaban J connectivity index is 1.91. The van der Waals surface area contributed by atoms with Gasteiger partial charge in [0.05, 0.1) is 18.9 Å². The second-order valence-electron chi connectivity index (χ2n) is 3.56. The Labute approximate surface area is 87.6 Å². The number of aromatic nitrogens is 1. The van der Waals surface area contributed by atoms with E-state index in [9.17, 15) is 4.79 Å². The molecule has 1 aromatic heterocycles. The van der Waals surface area contributed by atoms with E-state index in [1.54, 1.807) is 12.3 Å². The third-order valence-electron chi connectivity index (χ3n) is 2.37. The Morgan fingerprint density at radius 2 is 2.27 bits per heavy atom. The molecule has 3 N–H and O–H groups in total. The quantitative estimate of drug-likeness (QED) is 0.712. The van der Waals surface area contributed by atoms with Gasteiger partial charge in [-0.2, -0.15) is 0 Å². The molecule has 5 nitrogen and oxygen atoms in total. The molecule has 2 heterocycles. The average molecular weight is 210 g/mol. The molecule has 2 rings (SSSR count). The van der Waals surface area contributed by atoms with Gasteiger partial charge in [0.15, 0.2) is 0 Å². The number of H-pyrrole nitrogens is 1. The number of carbonyl (C=O) groups is 1. The Morgan fingerprint density at radius 1 is 1.53 bits per heavy atom. The lowest BCUT2D eigenvalue weighted by atomic mass is 10.1. The van der Waals surface area contributed by atoms with E-state index in [4.69, 9.17) is 15.2 Å². The van der Waals surface area contributed by atoms with Crippen LogP contribution >= 0.6 is 0 Å². The normalized spacial score (nSPS) is 17.6. The Bertz CT molecular complexity index is 342. The van der Waals surface area contributed by atoms with Crippen molar-refractivity contribution in [3.63, 3.8) is 0 Å². The van der Waals surface area contributed by atoms with Crippen molar-refractivity contribution in [2.75, 3.05) is 18.9 Å². The number of ether oxygens (including phenoxy) is 2. The number of hydrogen-bond acceptors (Lipinski definition) is 4. The minimum Gasteiger partial charge on any atom is -0.458 e. The van der Waals surface area contributed by atoms with E-state index < -0.39 is 0 Å². The largest absolute Gasteiger partial charge is 0.458 e. The van der Waals surface area contributed by atoms with E-state index in [2.05, 4.69) is 4.98 Å². The number of hydrogen-bond donors (Lipinski definition) is 2. The Kier molecular flexibility index (Phi) is 2.91. The molecule has 5 heteroatoms. The number of rotatable bonds is 2. The molecule has 0 radical (unpaired) electrons. The van der Waals surface area contributed by atoms with Crippen LogP contribution in [0.2, 0.25) is 0 Å². The van der Waals surface area contributed by atoms with Crippen molar-refractivity contribution in [2.24, 2.45) is 0 Å². The van der Waals surface area contributed by atoms with Gasteiger partial charge in [0.25, 0.3) is 0 Å². The van der Waals surface area contributed by atoms with Crippen LogP contribution in [0.4, 0.5) is 5.69 Å². The first-order valence-electron chi connectivity index (χ1n) is 4.98. The molecule has 1 aromatic rings. The summed E-state index contributed by atoms with van der Waals surface area (Å²) in [6.07, 6.45) is 3.07. The number of nitrogen functional groups attached to an aromatic ring is 1. The van der Waals surface area contributed by atoms with E-state index in [0.717, 1.165) is 12.8 Å². The fraction of sp³-hybridized carbons (Fsp3) is 0.500. The Morgan fingerprint density at radius 3 is 2.87 bits per heavy atom. The van der Waals surface area contributed by atoms with Crippen LogP contribution < -0.4 is 5.73 Å². The summed E-state index contributed by atoms with van der Waals surface area (Å²) in [5.41, 5.74) is 6.43. The minimum atomic E-state index is -0.349. The third-order valence-corrected chi connectivity index (χ3v) is 2.37. The molecule has 0 amide bonds. The molecular weight excluding hydrogens is 196 g/mol. The van der Waals surface area contributed by atoms with Crippen LogP contribution in [0.5, 0.6) is 0 Å². The number of nitrogens with one attached hydrogen (secondary N) is 1. The fourth-order valence-corrected chi connectivity index (χ4v) is 1.54. The van der Waals surface area contributed by atoms with Gasteiger partial charge in [0.1, 0.15) is 11.8 Å². The first-order chi connectivity index (χ1) is 7.25. The summed E-state index contributed by atoms with van der Waals surface area (Å²) < 4.78 is 10.5. The van der Waals surface area contributed by atoms with Crippen molar-refractivity contribution in [3.05, 3.63) is 18.0 Å². The predicted molar refractivity (Wildman–Crippen MR) is 54.5 cm³/mol. The maximum absolute atomic E-state index is 11.6. The van der Waals surface area contributed by atoms with Gasteiger partial charge in [-0.1, -0.05) is 0 Å². The highest BCUT2D eigenvalue weighted by Gasteiger charge is 2.19. The van der Waals surface area contributed by atoms with Crippen LogP contribution in [0, 0.1) is 0 Å². The molecule has 15 heavy (non-hydrogen) atoms. The molecule has 1 fully saturated rings. The van der Waals surface area contributed by atoms with Crippen LogP contribution in [0.1, 0.15) is 23.3 Å². The lowest BCUT2D eigenvalue weighted by Gasteiger charge is -2.21. The van der Waals surface area contributed by atoms with Crippen molar-refractivity contribution in [2.45, 2.75) is 18.9 Å².